The highest BCUT2D eigenvalue weighted by molar-refractivity contribution is 6.88. The first-order valence-corrected chi connectivity index (χ1v) is 21.8. The van der Waals surface area contributed by atoms with E-state index in [1.54, 1.807) is 6.55 Å². The van der Waals surface area contributed by atoms with Crippen LogP contribution in [0, 0.1) is 11.8 Å². The summed E-state index contributed by atoms with van der Waals surface area (Å²) in [5.74, 6) is 1.36. The Hall–Kier alpha value is 0.588. The molecule has 11 heteroatoms. The number of rotatable bonds is 6. The molecule has 178 valence electrons. The van der Waals surface area contributed by atoms with Crippen LogP contribution in [0.25, 0.3) is 0 Å². The van der Waals surface area contributed by atoms with Crippen LogP contribution >= 0.6 is 0 Å². The third-order valence-corrected chi connectivity index (χ3v) is 23.4. The minimum atomic E-state index is -3.31. The average molecular weight is 505 g/mol. The molecule has 2 saturated carbocycles. The van der Waals surface area contributed by atoms with E-state index in [9.17, 15) is 4.80 Å². The molecule has 5 rings (SSSR count). The van der Waals surface area contributed by atoms with Gasteiger partial charge in [-0.25, -0.2) is 0 Å². The van der Waals surface area contributed by atoms with Gasteiger partial charge in [0.2, 0.25) is 0 Å². The fraction of sp³-hybridized carbons (Fsp3) is 1.00. The van der Waals surface area contributed by atoms with Crippen molar-refractivity contribution in [2.75, 3.05) is 0 Å². The summed E-state index contributed by atoms with van der Waals surface area (Å²) in [4.78, 5) is 11.2. The van der Waals surface area contributed by atoms with Crippen molar-refractivity contribution < 1.29 is 30.7 Å². The Kier molecular flexibility index (Phi) is 6.52. The van der Waals surface area contributed by atoms with Gasteiger partial charge in [-0.1, -0.05) is 0 Å². The molecule has 7 nitrogen and oxygen atoms in total. The van der Waals surface area contributed by atoms with Crippen molar-refractivity contribution in [2.45, 2.75) is 114 Å². The first kappa shape index (κ1) is 23.3. The molecular formula is C20H40O7Si4. The van der Waals surface area contributed by atoms with E-state index in [0.29, 0.717) is 36.3 Å². The van der Waals surface area contributed by atoms with Crippen LogP contribution in [0.15, 0.2) is 0 Å². The molecule has 0 aromatic rings. The molecule has 8 atom stereocenters. The molecule has 0 radical (unpaired) electrons. The molecule has 1 N–H and O–H groups in total. The summed E-state index contributed by atoms with van der Waals surface area (Å²) in [5.41, 5.74) is 0. The maximum Gasteiger partial charge on any atom is 0.477 e. The van der Waals surface area contributed by atoms with Crippen molar-refractivity contribution in [3.8, 4) is 0 Å². The van der Waals surface area contributed by atoms with Crippen LogP contribution in [0.1, 0.15) is 51.4 Å². The molecule has 0 bridgehead atoms. The Bertz CT molecular complexity index is 619. The SMILES string of the molecule is C[SiH]1O[Si](C)(CCC2CCC3OC3C2)O[Si](C)(O)O[Si](C)(CCC2CCC3OC3C2)O1. The van der Waals surface area contributed by atoms with Crippen LogP contribution in [0.4, 0.5) is 0 Å². The van der Waals surface area contributed by atoms with Crippen molar-refractivity contribution in [3.05, 3.63) is 0 Å². The largest absolute Gasteiger partial charge is 0.477 e. The summed E-state index contributed by atoms with van der Waals surface area (Å²) < 4.78 is 37.3. The zero-order valence-corrected chi connectivity index (χ0v) is 23.7. The van der Waals surface area contributed by atoms with Gasteiger partial charge in [0.1, 0.15) is 0 Å². The molecule has 0 amide bonds. The molecule has 0 aromatic carbocycles. The van der Waals surface area contributed by atoms with E-state index >= 15 is 0 Å². The smallest absolute Gasteiger partial charge is 0.418 e. The van der Waals surface area contributed by atoms with Gasteiger partial charge in [-0.05, 0) is 94.9 Å². The average Bonchev–Trinajstić information content (AvgIpc) is 3.56. The maximum absolute atomic E-state index is 11.2. The summed E-state index contributed by atoms with van der Waals surface area (Å²) in [7, 11) is -10.3. The van der Waals surface area contributed by atoms with Gasteiger partial charge in [0.15, 0.2) is 0 Å². The predicted molar refractivity (Wildman–Crippen MR) is 125 cm³/mol. The van der Waals surface area contributed by atoms with Crippen molar-refractivity contribution >= 4 is 35.2 Å². The fourth-order valence-electron chi connectivity index (χ4n) is 6.25. The van der Waals surface area contributed by atoms with Crippen LogP contribution in [-0.4, -0.2) is 64.4 Å². The molecule has 5 fully saturated rings. The monoisotopic (exact) mass is 504 g/mol. The number of epoxide rings is 2. The number of ether oxygens (including phenoxy) is 2. The molecule has 0 spiro atoms. The number of hydrogen-bond acceptors (Lipinski definition) is 7. The third-order valence-electron chi connectivity index (χ3n) is 7.88. The lowest BCUT2D eigenvalue weighted by atomic mass is 9.88. The van der Waals surface area contributed by atoms with E-state index in [4.69, 9.17) is 25.9 Å². The Morgan fingerprint density at radius 1 is 0.742 bits per heavy atom. The number of fused-ring (bicyclic) bond motifs is 2. The van der Waals surface area contributed by atoms with E-state index in [-0.39, 0.29) is 0 Å². The van der Waals surface area contributed by atoms with Crippen molar-refractivity contribution in [1.29, 1.82) is 0 Å². The molecule has 3 heterocycles. The van der Waals surface area contributed by atoms with Crippen LogP contribution in [-0.2, 0) is 25.9 Å². The molecule has 0 aromatic heterocycles. The summed E-state index contributed by atoms with van der Waals surface area (Å²) >= 11 is 0. The van der Waals surface area contributed by atoms with Crippen molar-refractivity contribution in [3.63, 3.8) is 0 Å². The first-order valence-electron chi connectivity index (χ1n) is 12.4. The molecular weight excluding hydrogens is 465 g/mol. The fourth-order valence-corrected chi connectivity index (χ4v) is 24.3. The van der Waals surface area contributed by atoms with Gasteiger partial charge < -0.3 is 30.7 Å². The number of hydrogen-bond donors (Lipinski definition) is 1. The Morgan fingerprint density at radius 2 is 1.19 bits per heavy atom. The topological polar surface area (TPSA) is 82.2 Å². The second-order valence-electron chi connectivity index (χ2n) is 11.0. The quantitative estimate of drug-likeness (QED) is 0.438. The highest BCUT2D eigenvalue weighted by Gasteiger charge is 2.53. The highest BCUT2D eigenvalue weighted by atomic mass is 28.5. The Morgan fingerprint density at radius 3 is 1.61 bits per heavy atom. The minimum absolute atomic E-state index is 0.498. The predicted octanol–water partition coefficient (Wildman–Crippen LogP) is 3.54. The zero-order chi connectivity index (χ0) is 21.9. The second-order valence-corrected chi connectivity index (χ2v) is 23.0. The zero-order valence-electron chi connectivity index (χ0n) is 19.5. The van der Waals surface area contributed by atoms with E-state index in [1.807, 2.05) is 0 Å². The molecule has 31 heavy (non-hydrogen) atoms. The summed E-state index contributed by atoms with van der Waals surface area (Å²) in [6.07, 6.45) is 11.4. The van der Waals surface area contributed by atoms with Gasteiger partial charge in [0, 0.05) is 6.55 Å². The molecule has 5 aliphatic rings. The van der Waals surface area contributed by atoms with Gasteiger partial charge in [0.25, 0.3) is 0 Å². The summed E-state index contributed by atoms with van der Waals surface area (Å²) in [5, 5.41) is 0. The molecule has 3 aliphatic heterocycles. The van der Waals surface area contributed by atoms with Crippen LogP contribution in [0.3, 0.4) is 0 Å². The maximum atomic E-state index is 11.2. The van der Waals surface area contributed by atoms with Gasteiger partial charge in [-0.2, -0.15) is 0 Å². The van der Waals surface area contributed by atoms with E-state index < -0.39 is 35.2 Å². The van der Waals surface area contributed by atoms with E-state index in [2.05, 4.69) is 19.6 Å². The van der Waals surface area contributed by atoms with Gasteiger partial charge in [0.05, 0.1) is 24.4 Å². The van der Waals surface area contributed by atoms with Crippen LogP contribution in [0.2, 0.25) is 38.3 Å². The third kappa shape index (κ3) is 5.99. The van der Waals surface area contributed by atoms with Crippen LogP contribution < -0.4 is 0 Å². The lowest BCUT2D eigenvalue weighted by molar-refractivity contribution is 0.175. The van der Waals surface area contributed by atoms with Crippen LogP contribution in [0.5, 0.6) is 0 Å². The lowest BCUT2D eigenvalue weighted by Crippen LogP contribution is -2.63. The van der Waals surface area contributed by atoms with Crippen molar-refractivity contribution in [2.24, 2.45) is 11.8 Å². The summed E-state index contributed by atoms with van der Waals surface area (Å²) in [6.45, 7) is 8.07. The normalized spacial score (nSPS) is 54.3. The first-order chi connectivity index (χ1) is 14.6. The highest BCUT2D eigenvalue weighted by Crippen LogP contribution is 2.43. The molecule has 8 unspecified atom stereocenters. The minimum Gasteiger partial charge on any atom is -0.418 e. The van der Waals surface area contributed by atoms with E-state index in [0.717, 1.165) is 24.9 Å². The Labute approximate surface area is 191 Å². The van der Waals surface area contributed by atoms with Gasteiger partial charge in [-0.15, -0.1) is 0 Å². The molecule has 3 saturated heterocycles. The second kappa shape index (κ2) is 8.67. The van der Waals surface area contributed by atoms with Crippen molar-refractivity contribution in [1.82, 2.24) is 0 Å². The standard InChI is InChI=1S/C20H40O7Si4/c1-28-24-29(2,11-9-15-5-7-17-19(13-15)22-17)26-31(4,21)27-30(3,25-28)12-10-16-6-8-18-20(14-16)23-18/h15-21,28H,5-14H2,1-4H3. The van der Waals surface area contributed by atoms with Gasteiger partial charge >= 0.3 is 35.2 Å². The van der Waals surface area contributed by atoms with E-state index in [1.165, 1.54) is 38.5 Å². The Balaban J connectivity index is 1.16. The summed E-state index contributed by atoms with van der Waals surface area (Å²) in [6, 6.07) is 1.79. The lowest BCUT2D eigenvalue weighted by Gasteiger charge is -2.44. The molecule has 2 aliphatic carbocycles. The van der Waals surface area contributed by atoms with Gasteiger partial charge in [-0.3, -0.25) is 0 Å².